The molecule has 3 fully saturated rings. The normalized spacial score (nSPS) is 30.0. The van der Waals surface area contributed by atoms with Gasteiger partial charge >= 0.3 is 0 Å². The van der Waals surface area contributed by atoms with Crippen LogP contribution in [0.25, 0.3) is 0 Å². The lowest BCUT2D eigenvalue weighted by molar-refractivity contribution is -0.143. The second-order valence-electron chi connectivity index (χ2n) is 12.8. The summed E-state index contributed by atoms with van der Waals surface area (Å²) in [6.45, 7) is 6.89. The third-order valence-corrected chi connectivity index (χ3v) is 10.1. The van der Waals surface area contributed by atoms with Gasteiger partial charge in [-0.05, 0) is 87.8 Å². The average Bonchev–Trinajstić information content (AvgIpc) is 3.37. The van der Waals surface area contributed by atoms with Crippen LogP contribution in [0.1, 0.15) is 94.4 Å². The van der Waals surface area contributed by atoms with Gasteiger partial charge in [0, 0.05) is 42.8 Å². The molecule has 204 valence electrons. The Morgan fingerprint density at radius 2 is 1.87 bits per heavy atom. The number of aryl methyl sites for hydroxylation is 1. The zero-order chi connectivity index (χ0) is 26.1. The number of likely N-dealkylation sites (tertiary alicyclic amines) is 1. The SMILES string of the molecule is CC(C)Nc1ccc2c(n1)CCCC21CNCC1C(=O)N1CCC(c2ccccc2)CC1C1CCCCC1. The molecule has 6 rings (SSSR count). The van der Waals surface area contributed by atoms with Gasteiger partial charge in [0.1, 0.15) is 5.82 Å². The van der Waals surface area contributed by atoms with Crippen molar-refractivity contribution in [2.45, 2.75) is 101 Å². The highest BCUT2D eigenvalue weighted by Crippen LogP contribution is 2.47. The number of hydrogen-bond donors (Lipinski definition) is 2. The van der Waals surface area contributed by atoms with Crippen LogP contribution in [-0.4, -0.2) is 47.5 Å². The maximum Gasteiger partial charge on any atom is 0.228 e. The number of anilines is 1. The fourth-order valence-corrected chi connectivity index (χ4v) is 8.32. The van der Waals surface area contributed by atoms with Crippen molar-refractivity contribution in [1.82, 2.24) is 15.2 Å². The first-order chi connectivity index (χ1) is 18.5. The molecule has 1 amide bonds. The summed E-state index contributed by atoms with van der Waals surface area (Å²) in [6, 6.07) is 16.2. The van der Waals surface area contributed by atoms with Gasteiger partial charge in [-0.25, -0.2) is 4.98 Å². The van der Waals surface area contributed by atoms with Crippen molar-refractivity contribution in [3.05, 3.63) is 59.3 Å². The molecule has 2 N–H and O–H groups in total. The Kier molecular flexibility index (Phi) is 7.48. The fraction of sp³-hybridized carbons (Fsp3) is 0.636. The van der Waals surface area contributed by atoms with E-state index in [2.05, 4.69) is 71.8 Å². The number of aromatic nitrogens is 1. The molecule has 2 aliphatic heterocycles. The number of amides is 1. The minimum atomic E-state index is -0.124. The van der Waals surface area contributed by atoms with Crippen molar-refractivity contribution < 1.29 is 4.79 Å². The first-order valence-electron chi connectivity index (χ1n) is 15.4. The highest BCUT2D eigenvalue weighted by Gasteiger charge is 2.52. The number of nitrogens with one attached hydrogen (secondary N) is 2. The maximum absolute atomic E-state index is 14.6. The Morgan fingerprint density at radius 3 is 2.66 bits per heavy atom. The molecule has 4 atom stereocenters. The summed E-state index contributed by atoms with van der Waals surface area (Å²) in [7, 11) is 0. The van der Waals surface area contributed by atoms with Crippen LogP contribution in [0.4, 0.5) is 5.82 Å². The number of hydrogen-bond acceptors (Lipinski definition) is 4. The summed E-state index contributed by atoms with van der Waals surface area (Å²) in [5.74, 6) is 2.59. The zero-order valence-corrected chi connectivity index (χ0v) is 23.4. The summed E-state index contributed by atoms with van der Waals surface area (Å²) in [4.78, 5) is 22.1. The monoisotopic (exact) mass is 514 g/mol. The van der Waals surface area contributed by atoms with Gasteiger partial charge < -0.3 is 15.5 Å². The number of rotatable bonds is 5. The van der Waals surface area contributed by atoms with E-state index >= 15 is 0 Å². The quantitative estimate of drug-likeness (QED) is 0.510. The summed E-state index contributed by atoms with van der Waals surface area (Å²) in [6.07, 6.45) is 12.0. The predicted molar refractivity (Wildman–Crippen MR) is 154 cm³/mol. The van der Waals surface area contributed by atoms with E-state index in [0.717, 1.165) is 57.6 Å². The third-order valence-electron chi connectivity index (χ3n) is 10.1. The van der Waals surface area contributed by atoms with Gasteiger partial charge in [0.25, 0.3) is 0 Å². The zero-order valence-electron chi connectivity index (χ0n) is 23.4. The molecule has 0 bridgehead atoms. The number of nitrogens with zero attached hydrogens (tertiary/aromatic N) is 2. The third kappa shape index (κ3) is 4.87. The van der Waals surface area contributed by atoms with Crippen molar-refractivity contribution >= 4 is 11.7 Å². The number of piperidine rings is 1. The van der Waals surface area contributed by atoms with E-state index in [1.807, 2.05) is 0 Å². The number of carbonyl (C=O) groups is 1. The van der Waals surface area contributed by atoms with Crippen LogP contribution in [0.15, 0.2) is 42.5 Å². The number of fused-ring (bicyclic) bond motifs is 2. The van der Waals surface area contributed by atoms with Crippen LogP contribution in [0, 0.1) is 11.8 Å². The Hall–Kier alpha value is -2.40. The highest BCUT2D eigenvalue weighted by atomic mass is 16.2. The number of benzene rings is 1. The Balaban J connectivity index is 1.28. The molecule has 0 radical (unpaired) electrons. The van der Waals surface area contributed by atoms with Crippen molar-refractivity contribution in [1.29, 1.82) is 0 Å². The standard InChI is InChI=1S/C33H46N4O/c1-23(2)35-31-16-15-27-29(36-31)14-9-18-33(27)22-34-21-28(33)32(38)37-19-17-26(24-10-5-3-6-11-24)20-30(37)25-12-7-4-8-13-25/h3,5-6,10-11,15-16,23,25-26,28,30,34H,4,7-9,12-14,17-22H2,1-2H3,(H,35,36). The van der Waals surface area contributed by atoms with Gasteiger partial charge in [0.2, 0.25) is 5.91 Å². The van der Waals surface area contributed by atoms with E-state index in [4.69, 9.17) is 4.98 Å². The average molecular weight is 515 g/mol. The Labute approximate surface area is 229 Å². The lowest BCUT2D eigenvalue weighted by Gasteiger charge is -2.48. The van der Waals surface area contributed by atoms with Crippen LogP contribution in [-0.2, 0) is 16.6 Å². The lowest BCUT2D eigenvalue weighted by Crippen LogP contribution is -2.55. The largest absolute Gasteiger partial charge is 0.368 e. The molecule has 1 aromatic carbocycles. The predicted octanol–water partition coefficient (Wildman–Crippen LogP) is 6.05. The summed E-state index contributed by atoms with van der Waals surface area (Å²) < 4.78 is 0. The van der Waals surface area contributed by atoms with Crippen LogP contribution >= 0.6 is 0 Å². The molecule has 4 aliphatic rings. The topological polar surface area (TPSA) is 57.3 Å². The number of carbonyl (C=O) groups excluding carboxylic acids is 1. The molecule has 1 saturated carbocycles. The Morgan fingerprint density at radius 1 is 1.05 bits per heavy atom. The van der Waals surface area contributed by atoms with Gasteiger partial charge in [-0.2, -0.15) is 0 Å². The first kappa shape index (κ1) is 25.9. The van der Waals surface area contributed by atoms with E-state index in [9.17, 15) is 4.79 Å². The van der Waals surface area contributed by atoms with Gasteiger partial charge in [-0.1, -0.05) is 55.7 Å². The molecular weight excluding hydrogens is 468 g/mol. The molecular formula is C33H46N4O. The van der Waals surface area contributed by atoms with E-state index in [-0.39, 0.29) is 11.3 Å². The maximum atomic E-state index is 14.6. The van der Waals surface area contributed by atoms with E-state index in [0.29, 0.717) is 29.8 Å². The smallest absolute Gasteiger partial charge is 0.228 e. The van der Waals surface area contributed by atoms with Gasteiger partial charge in [0.05, 0.1) is 5.92 Å². The molecule has 4 unspecified atom stereocenters. The molecule has 2 saturated heterocycles. The minimum absolute atomic E-state index is 0.00613. The van der Waals surface area contributed by atoms with Gasteiger partial charge in [-0.15, -0.1) is 0 Å². The van der Waals surface area contributed by atoms with Crippen molar-refractivity contribution in [3.63, 3.8) is 0 Å². The van der Waals surface area contributed by atoms with E-state index in [1.165, 1.54) is 48.9 Å². The van der Waals surface area contributed by atoms with Gasteiger partial charge in [-0.3, -0.25) is 4.79 Å². The van der Waals surface area contributed by atoms with Crippen molar-refractivity contribution in [2.24, 2.45) is 11.8 Å². The van der Waals surface area contributed by atoms with Crippen LogP contribution in [0.3, 0.4) is 0 Å². The molecule has 5 nitrogen and oxygen atoms in total. The summed E-state index contributed by atoms with van der Waals surface area (Å²) in [5.41, 5.74) is 3.86. The molecule has 5 heteroatoms. The number of pyridine rings is 1. The minimum Gasteiger partial charge on any atom is -0.368 e. The summed E-state index contributed by atoms with van der Waals surface area (Å²) >= 11 is 0. The molecule has 1 aromatic heterocycles. The van der Waals surface area contributed by atoms with E-state index < -0.39 is 0 Å². The van der Waals surface area contributed by atoms with Crippen LogP contribution in [0.5, 0.6) is 0 Å². The second-order valence-corrected chi connectivity index (χ2v) is 12.8. The van der Waals surface area contributed by atoms with Crippen molar-refractivity contribution in [3.8, 4) is 0 Å². The molecule has 3 heterocycles. The Bertz CT molecular complexity index is 1110. The molecule has 1 spiro atoms. The van der Waals surface area contributed by atoms with E-state index in [1.54, 1.807) is 0 Å². The van der Waals surface area contributed by atoms with Gasteiger partial charge in [0.15, 0.2) is 0 Å². The second kappa shape index (κ2) is 11.0. The van der Waals surface area contributed by atoms with Crippen LogP contribution < -0.4 is 10.6 Å². The molecule has 38 heavy (non-hydrogen) atoms. The fourth-order valence-electron chi connectivity index (χ4n) is 8.32. The summed E-state index contributed by atoms with van der Waals surface area (Å²) in [5, 5.41) is 7.16. The molecule has 2 aromatic rings. The molecule has 2 aliphatic carbocycles. The first-order valence-corrected chi connectivity index (χ1v) is 15.4. The van der Waals surface area contributed by atoms with Crippen LogP contribution in [0.2, 0.25) is 0 Å². The van der Waals surface area contributed by atoms with Crippen molar-refractivity contribution in [2.75, 3.05) is 25.0 Å². The lowest BCUT2D eigenvalue weighted by atomic mass is 9.64. The highest BCUT2D eigenvalue weighted by molar-refractivity contribution is 5.82.